The molecule has 7 heteroatoms. The van der Waals surface area contributed by atoms with Crippen molar-refractivity contribution in [3.8, 4) is 0 Å². The van der Waals surface area contributed by atoms with E-state index in [0.717, 1.165) is 24.8 Å². The fourth-order valence-electron chi connectivity index (χ4n) is 3.02. The Kier molecular flexibility index (Phi) is 7.61. The van der Waals surface area contributed by atoms with E-state index in [-0.39, 0.29) is 11.9 Å². The molecular weight excluding hydrogens is 350 g/mol. The molecule has 1 heterocycles. The monoisotopic (exact) mass is 381 g/mol. The number of benzene rings is 1. The average Bonchev–Trinajstić information content (AvgIpc) is 2.62. The summed E-state index contributed by atoms with van der Waals surface area (Å²) in [5, 5.41) is 2.95. The second-order valence-corrected chi connectivity index (χ2v) is 8.89. The van der Waals surface area contributed by atoms with Crippen molar-refractivity contribution in [2.75, 3.05) is 32.7 Å². The van der Waals surface area contributed by atoms with Crippen molar-refractivity contribution >= 4 is 15.9 Å². The van der Waals surface area contributed by atoms with Gasteiger partial charge in [0, 0.05) is 32.2 Å². The van der Waals surface area contributed by atoms with Gasteiger partial charge in [-0.25, -0.2) is 8.42 Å². The van der Waals surface area contributed by atoms with E-state index in [4.69, 9.17) is 0 Å². The molecule has 1 aromatic carbocycles. The summed E-state index contributed by atoms with van der Waals surface area (Å²) < 4.78 is 27.1. The molecule has 1 aromatic rings. The van der Waals surface area contributed by atoms with E-state index >= 15 is 0 Å². The van der Waals surface area contributed by atoms with Crippen molar-refractivity contribution in [2.45, 2.75) is 51.0 Å². The largest absolute Gasteiger partial charge is 0.353 e. The number of piperazine rings is 1. The minimum Gasteiger partial charge on any atom is -0.353 e. The van der Waals surface area contributed by atoms with Gasteiger partial charge in [-0.2, -0.15) is 4.31 Å². The molecule has 2 rings (SSSR count). The minimum absolute atomic E-state index is 0.00201. The summed E-state index contributed by atoms with van der Waals surface area (Å²) in [7, 11) is -3.46. The Bertz CT molecular complexity index is 680. The Morgan fingerprint density at radius 1 is 1.12 bits per heavy atom. The van der Waals surface area contributed by atoms with Crippen LogP contribution in [0.1, 0.15) is 39.2 Å². The molecule has 26 heavy (non-hydrogen) atoms. The van der Waals surface area contributed by atoms with Gasteiger partial charge in [0.15, 0.2) is 0 Å². The molecule has 1 atom stereocenters. The molecule has 0 unspecified atom stereocenters. The van der Waals surface area contributed by atoms with Crippen LogP contribution in [0.2, 0.25) is 0 Å². The molecule has 0 aliphatic carbocycles. The van der Waals surface area contributed by atoms with E-state index in [0.29, 0.717) is 37.6 Å². The summed E-state index contributed by atoms with van der Waals surface area (Å²) in [5.41, 5.74) is 1.16. The number of nitrogens with zero attached hydrogens (tertiary/aromatic N) is 2. The smallest absolute Gasteiger partial charge is 0.243 e. The third kappa shape index (κ3) is 5.53. The number of sulfonamides is 1. The van der Waals surface area contributed by atoms with Crippen LogP contribution in [0.4, 0.5) is 0 Å². The van der Waals surface area contributed by atoms with Crippen molar-refractivity contribution in [2.24, 2.45) is 0 Å². The van der Waals surface area contributed by atoms with Crippen molar-refractivity contribution in [3.05, 3.63) is 29.8 Å². The lowest BCUT2D eigenvalue weighted by Crippen LogP contribution is -2.51. The number of hydrogen-bond donors (Lipinski definition) is 1. The zero-order valence-electron chi connectivity index (χ0n) is 16.1. The predicted molar refractivity (Wildman–Crippen MR) is 104 cm³/mol. The fourth-order valence-corrected chi connectivity index (χ4v) is 4.44. The Labute approximate surface area is 157 Å². The van der Waals surface area contributed by atoms with Crippen LogP contribution in [-0.4, -0.2) is 62.3 Å². The number of nitrogens with one attached hydrogen (secondary N) is 1. The van der Waals surface area contributed by atoms with Crippen molar-refractivity contribution in [1.29, 1.82) is 0 Å². The number of hydrogen-bond acceptors (Lipinski definition) is 4. The minimum atomic E-state index is -3.46. The molecule has 0 radical (unpaired) electrons. The molecule has 1 saturated heterocycles. The summed E-state index contributed by atoms with van der Waals surface area (Å²) in [6, 6.07) is 7.36. The fraction of sp³-hybridized carbons (Fsp3) is 0.632. The summed E-state index contributed by atoms with van der Waals surface area (Å²) in [4.78, 5) is 14.3. The first-order chi connectivity index (χ1) is 12.4. The molecule has 0 spiro atoms. The molecule has 0 aromatic heterocycles. The van der Waals surface area contributed by atoms with Crippen molar-refractivity contribution < 1.29 is 13.2 Å². The van der Waals surface area contributed by atoms with Gasteiger partial charge in [0.1, 0.15) is 0 Å². The quantitative estimate of drug-likeness (QED) is 0.746. The van der Waals surface area contributed by atoms with Gasteiger partial charge < -0.3 is 5.32 Å². The van der Waals surface area contributed by atoms with Crippen LogP contribution in [0.5, 0.6) is 0 Å². The van der Waals surface area contributed by atoms with Crippen LogP contribution in [0.3, 0.4) is 0 Å². The van der Waals surface area contributed by atoms with Crippen LogP contribution < -0.4 is 5.32 Å². The molecule has 0 bridgehead atoms. The lowest BCUT2D eigenvalue weighted by Gasteiger charge is -2.33. The van der Waals surface area contributed by atoms with Gasteiger partial charge in [0.2, 0.25) is 15.9 Å². The third-order valence-corrected chi connectivity index (χ3v) is 6.73. The molecule has 1 N–H and O–H groups in total. The van der Waals surface area contributed by atoms with Gasteiger partial charge >= 0.3 is 0 Å². The lowest BCUT2D eigenvalue weighted by atomic mass is 10.1. The second kappa shape index (κ2) is 9.48. The molecule has 0 saturated carbocycles. The summed E-state index contributed by atoms with van der Waals surface area (Å²) in [6.07, 6.45) is 2.89. The van der Waals surface area contributed by atoms with Crippen LogP contribution >= 0.6 is 0 Å². The van der Waals surface area contributed by atoms with Gasteiger partial charge in [-0.1, -0.05) is 32.4 Å². The topological polar surface area (TPSA) is 69.7 Å². The normalized spacial score (nSPS) is 17.8. The van der Waals surface area contributed by atoms with Gasteiger partial charge in [-0.15, -0.1) is 0 Å². The first-order valence-corrected chi connectivity index (χ1v) is 10.9. The lowest BCUT2D eigenvalue weighted by molar-refractivity contribution is -0.123. The highest BCUT2D eigenvalue weighted by molar-refractivity contribution is 7.89. The summed E-state index contributed by atoms with van der Waals surface area (Å²) in [6.45, 7) is 8.41. The van der Waals surface area contributed by atoms with Gasteiger partial charge in [-0.05, 0) is 37.5 Å². The molecule has 6 nitrogen and oxygen atoms in total. The van der Waals surface area contributed by atoms with Crippen molar-refractivity contribution in [1.82, 2.24) is 14.5 Å². The van der Waals surface area contributed by atoms with E-state index in [2.05, 4.69) is 12.2 Å². The zero-order valence-corrected chi connectivity index (χ0v) is 16.9. The number of carbonyl (C=O) groups is 1. The second-order valence-electron chi connectivity index (χ2n) is 6.95. The highest BCUT2D eigenvalue weighted by Gasteiger charge is 2.29. The average molecular weight is 382 g/mol. The van der Waals surface area contributed by atoms with E-state index in [1.54, 1.807) is 12.1 Å². The first kappa shape index (κ1) is 20.9. The van der Waals surface area contributed by atoms with Crippen LogP contribution in [0.25, 0.3) is 0 Å². The number of rotatable bonds is 8. The van der Waals surface area contributed by atoms with E-state index in [1.165, 1.54) is 4.31 Å². The van der Waals surface area contributed by atoms with E-state index in [1.807, 2.05) is 30.9 Å². The van der Waals surface area contributed by atoms with E-state index < -0.39 is 10.0 Å². The van der Waals surface area contributed by atoms with Crippen LogP contribution in [0.15, 0.2) is 29.2 Å². The highest BCUT2D eigenvalue weighted by atomic mass is 32.2. The number of amides is 1. The molecular formula is C19H31N3O3S. The van der Waals surface area contributed by atoms with Gasteiger partial charge in [0.05, 0.1) is 11.4 Å². The summed E-state index contributed by atoms with van der Waals surface area (Å²) >= 11 is 0. The third-order valence-electron chi connectivity index (χ3n) is 4.82. The standard InChI is InChI=1S/C19H31N3O3S/c1-4-6-17-7-9-18(10-8-17)26(24,25)22-13-11-21(12-14-22)15-19(23)20-16(3)5-2/h7-10,16H,4-6,11-15H2,1-3H3,(H,20,23)/t16-/m0/s1. The van der Waals surface area contributed by atoms with E-state index in [9.17, 15) is 13.2 Å². The van der Waals surface area contributed by atoms with Crippen LogP contribution in [-0.2, 0) is 21.2 Å². The number of aryl methyl sites for hydroxylation is 1. The molecule has 1 amide bonds. The van der Waals surface area contributed by atoms with Gasteiger partial charge in [-0.3, -0.25) is 9.69 Å². The predicted octanol–water partition coefficient (Wildman–Crippen LogP) is 1.86. The Balaban J connectivity index is 1.90. The maximum atomic E-state index is 12.8. The highest BCUT2D eigenvalue weighted by Crippen LogP contribution is 2.18. The molecule has 1 aliphatic rings. The molecule has 1 aliphatic heterocycles. The maximum absolute atomic E-state index is 12.8. The Hall–Kier alpha value is -1.44. The van der Waals surface area contributed by atoms with Gasteiger partial charge in [0.25, 0.3) is 0 Å². The first-order valence-electron chi connectivity index (χ1n) is 9.47. The Morgan fingerprint density at radius 3 is 2.27 bits per heavy atom. The molecule has 1 fully saturated rings. The SMILES string of the molecule is CCCc1ccc(S(=O)(=O)N2CCN(CC(=O)N[C@@H](C)CC)CC2)cc1. The number of carbonyl (C=O) groups excluding carboxylic acids is 1. The molecule has 146 valence electrons. The maximum Gasteiger partial charge on any atom is 0.243 e. The van der Waals surface area contributed by atoms with Crippen LogP contribution in [0, 0.1) is 0 Å². The summed E-state index contributed by atoms with van der Waals surface area (Å²) in [5.74, 6) is 0.00201. The van der Waals surface area contributed by atoms with Crippen molar-refractivity contribution in [3.63, 3.8) is 0 Å². The Morgan fingerprint density at radius 2 is 1.73 bits per heavy atom. The zero-order chi connectivity index (χ0) is 19.2.